The number of thiazole rings is 1. The van der Waals surface area contributed by atoms with E-state index >= 15 is 0 Å². The van der Waals surface area contributed by atoms with Gasteiger partial charge in [-0.3, -0.25) is 0 Å². The summed E-state index contributed by atoms with van der Waals surface area (Å²) in [5, 5.41) is 0. The number of hydrogen-bond donors (Lipinski definition) is 0. The lowest BCUT2D eigenvalue weighted by molar-refractivity contribution is 0.0526. The Morgan fingerprint density at radius 2 is 2.50 bits per heavy atom. The molecule has 4 heteroatoms. The molecule has 2 aromatic rings. The van der Waals surface area contributed by atoms with Crippen LogP contribution in [0.15, 0.2) is 18.2 Å². The van der Waals surface area contributed by atoms with E-state index in [9.17, 15) is 4.79 Å². The molecule has 2 rings (SSSR count). The third-order valence-corrected chi connectivity index (χ3v) is 2.52. The summed E-state index contributed by atoms with van der Waals surface area (Å²) in [5.41, 5.74) is 4.21. The van der Waals surface area contributed by atoms with Crippen LogP contribution in [0.4, 0.5) is 0 Å². The summed E-state index contributed by atoms with van der Waals surface area (Å²) in [6, 6.07) is 5.30. The van der Waals surface area contributed by atoms with E-state index in [1.165, 1.54) is 11.3 Å². The van der Waals surface area contributed by atoms with Gasteiger partial charge in [0.05, 0.1) is 22.4 Å². The Kier molecular flexibility index (Phi) is 2.45. The Labute approximate surface area is 85.3 Å². The summed E-state index contributed by atoms with van der Waals surface area (Å²) in [6.07, 6.45) is 0. The molecule has 0 saturated carbocycles. The Hall–Kier alpha value is -1.42. The van der Waals surface area contributed by atoms with Crippen molar-refractivity contribution in [1.82, 2.24) is 4.98 Å². The summed E-state index contributed by atoms with van der Waals surface area (Å²) in [6.45, 7) is 2.18. The van der Waals surface area contributed by atoms with Crippen LogP contribution < -0.4 is 0 Å². The van der Waals surface area contributed by atoms with E-state index in [4.69, 9.17) is 4.74 Å². The average molecular weight is 206 g/mol. The van der Waals surface area contributed by atoms with Gasteiger partial charge in [0.15, 0.2) is 5.51 Å². The van der Waals surface area contributed by atoms with Crippen LogP contribution in [0.2, 0.25) is 0 Å². The molecule has 14 heavy (non-hydrogen) atoms. The third-order valence-electron chi connectivity index (χ3n) is 1.79. The summed E-state index contributed by atoms with van der Waals surface area (Å²) in [5.74, 6) is -0.289. The Morgan fingerprint density at radius 1 is 1.64 bits per heavy atom. The number of hydrogen-bond acceptors (Lipinski definition) is 4. The lowest BCUT2D eigenvalue weighted by atomic mass is 10.2. The molecule has 0 N–H and O–H groups in total. The molecule has 0 unspecified atom stereocenters. The number of esters is 1. The van der Waals surface area contributed by atoms with Gasteiger partial charge in [0.1, 0.15) is 0 Å². The fourth-order valence-corrected chi connectivity index (χ4v) is 1.80. The van der Waals surface area contributed by atoms with Crippen molar-refractivity contribution in [1.29, 1.82) is 0 Å². The van der Waals surface area contributed by atoms with E-state index < -0.39 is 0 Å². The number of aromatic nitrogens is 1. The number of nitrogens with zero attached hydrogens (tertiary/aromatic N) is 1. The van der Waals surface area contributed by atoms with Gasteiger partial charge in [-0.15, -0.1) is 11.3 Å². The monoisotopic (exact) mass is 206 g/mol. The SMILES string of the molecule is CCOC(=O)c1ccc2n[c]sc2c1. The van der Waals surface area contributed by atoms with Gasteiger partial charge < -0.3 is 4.74 Å². The second-order valence-electron chi connectivity index (χ2n) is 2.71. The summed E-state index contributed by atoms with van der Waals surface area (Å²) < 4.78 is 5.84. The molecule has 0 aliphatic carbocycles. The fraction of sp³-hybridized carbons (Fsp3) is 0.200. The second kappa shape index (κ2) is 3.75. The molecule has 0 aliphatic heterocycles. The van der Waals surface area contributed by atoms with Gasteiger partial charge in [-0.05, 0) is 25.1 Å². The van der Waals surface area contributed by atoms with E-state index in [0.717, 1.165) is 10.2 Å². The van der Waals surface area contributed by atoms with Crippen LogP contribution in [-0.4, -0.2) is 17.6 Å². The molecule has 1 aromatic carbocycles. The highest BCUT2D eigenvalue weighted by Crippen LogP contribution is 2.18. The van der Waals surface area contributed by atoms with Gasteiger partial charge in [0.25, 0.3) is 0 Å². The molecule has 0 amide bonds. The fourth-order valence-electron chi connectivity index (χ4n) is 1.15. The topological polar surface area (TPSA) is 39.2 Å². The van der Waals surface area contributed by atoms with Crippen molar-refractivity contribution in [2.24, 2.45) is 0 Å². The molecule has 1 aromatic heterocycles. The number of benzene rings is 1. The molecule has 0 saturated heterocycles. The molecule has 0 fully saturated rings. The van der Waals surface area contributed by atoms with Crippen LogP contribution in [0.5, 0.6) is 0 Å². The van der Waals surface area contributed by atoms with Crippen molar-refractivity contribution in [3.63, 3.8) is 0 Å². The van der Waals surface area contributed by atoms with Crippen LogP contribution in [0.3, 0.4) is 0 Å². The normalized spacial score (nSPS) is 10.4. The van der Waals surface area contributed by atoms with Crippen molar-refractivity contribution in [2.75, 3.05) is 6.61 Å². The summed E-state index contributed by atoms with van der Waals surface area (Å²) in [4.78, 5) is 15.4. The summed E-state index contributed by atoms with van der Waals surface area (Å²) >= 11 is 1.39. The Bertz CT molecular complexity index is 464. The number of carbonyl (C=O) groups excluding carboxylic acids is 1. The highest BCUT2D eigenvalue weighted by atomic mass is 32.1. The predicted molar refractivity (Wildman–Crippen MR) is 54.4 cm³/mol. The van der Waals surface area contributed by atoms with Crippen molar-refractivity contribution in [3.05, 3.63) is 29.3 Å². The number of rotatable bonds is 2. The van der Waals surface area contributed by atoms with Gasteiger partial charge in [-0.25, -0.2) is 9.78 Å². The number of fused-ring (bicyclic) bond motifs is 1. The largest absolute Gasteiger partial charge is 0.462 e. The first kappa shape index (κ1) is 9.15. The highest BCUT2D eigenvalue weighted by Gasteiger charge is 2.07. The average Bonchev–Trinajstić information content (AvgIpc) is 2.64. The zero-order valence-corrected chi connectivity index (χ0v) is 8.43. The van der Waals surface area contributed by atoms with Crippen molar-refractivity contribution in [3.8, 4) is 0 Å². The minimum atomic E-state index is -0.289. The van der Waals surface area contributed by atoms with Gasteiger partial charge in [-0.2, -0.15) is 0 Å². The van der Waals surface area contributed by atoms with Crippen LogP contribution in [-0.2, 0) is 4.74 Å². The molecular formula is C10H8NO2S. The minimum Gasteiger partial charge on any atom is -0.462 e. The summed E-state index contributed by atoms with van der Waals surface area (Å²) in [7, 11) is 0. The lowest BCUT2D eigenvalue weighted by Gasteiger charge is -2.00. The minimum absolute atomic E-state index is 0.289. The van der Waals surface area contributed by atoms with Crippen molar-refractivity contribution >= 4 is 27.5 Å². The quantitative estimate of drug-likeness (QED) is 0.707. The number of ether oxygens (including phenoxy) is 1. The maximum Gasteiger partial charge on any atom is 0.338 e. The zero-order valence-electron chi connectivity index (χ0n) is 7.61. The molecule has 0 atom stereocenters. The standard InChI is InChI=1S/C10H8NO2S/c1-2-13-10(12)7-3-4-8-9(5-7)14-6-11-8/h3-5H,2H2,1H3. The molecule has 0 bridgehead atoms. The Morgan fingerprint density at radius 3 is 3.29 bits per heavy atom. The van der Waals surface area contributed by atoms with Gasteiger partial charge in [0.2, 0.25) is 0 Å². The maximum atomic E-state index is 11.4. The van der Waals surface area contributed by atoms with Crippen LogP contribution in [0.1, 0.15) is 17.3 Å². The van der Waals surface area contributed by atoms with Crippen molar-refractivity contribution < 1.29 is 9.53 Å². The van der Waals surface area contributed by atoms with Crippen LogP contribution in [0, 0.1) is 5.51 Å². The number of carbonyl (C=O) groups is 1. The molecule has 71 valence electrons. The highest BCUT2D eigenvalue weighted by molar-refractivity contribution is 7.16. The van der Waals surface area contributed by atoms with E-state index in [-0.39, 0.29) is 5.97 Å². The van der Waals surface area contributed by atoms with Crippen molar-refractivity contribution in [2.45, 2.75) is 6.92 Å². The van der Waals surface area contributed by atoms with Gasteiger partial charge >= 0.3 is 5.97 Å². The molecule has 1 radical (unpaired) electrons. The molecule has 0 aliphatic rings. The van der Waals surface area contributed by atoms with E-state index in [1.54, 1.807) is 25.1 Å². The van der Waals surface area contributed by atoms with Gasteiger partial charge in [-0.1, -0.05) is 0 Å². The van der Waals surface area contributed by atoms with E-state index in [1.807, 2.05) is 0 Å². The second-order valence-corrected chi connectivity index (χ2v) is 3.53. The third kappa shape index (κ3) is 1.61. The van der Waals surface area contributed by atoms with E-state index in [0.29, 0.717) is 12.2 Å². The first-order chi connectivity index (χ1) is 6.81. The molecular weight excluding hydrogens is 198 g/mol. The van der Waals surface area contributed by atoms with Crippen LogP contribution in [0.25, 0.3) is 10.2 Å². The maximum absolute atomic E-state index is 11.4. The van der Waals surface area contributed by atoms with Crippen LogP contribution >= 0.6 is 11.3 Å². The zero-order chi connectivity index (χ0) is 9.97. The first-order valence-electron chi connectivity index (χ1n) is 4.25. The Balaban J connectivity index is 2.38. The first-order valence-corrected chi connectivity index (χ1v) is 5.06. The van der Waals surface area contributed by atoms with E-state index in [2.05, 4.69) is 10.5 Å². The predicted octanol–water partition coefficient (Wildman–Crippen LogP) is 2.27. The smallest absolute Gasteiger partial charge is 0.338 e. The molecule has 1 heterocycles. The lowest BCUT2D eigenvalue weighted by Crippen LogP contribution is -2.03. The van der Waals surface area contributed by atoms with Gasteiger partial charge in [0, 0.05) is 0 Å². The molecule has 0 spiro atoms. The molecule has 3 nitrogen and oxygen atoms in total.